The van der Waals surface area contributed by atoms with Crippen molar-refractivity contribution in [3.63, 3.8) is 0 Å². The zero-order chi connectivity index (χ0) is 16.1. The van der Waals surface area contributed by atoms with E-state index in [1.807, 2.05) is 36.4 Å². The number of esters is 1. The summed E-state index contributed by atoms with van der Waals surface area (Å²) in [4.78, 5) is 14.3. The first-order chi connectivity index (χ1) is 11.2. The number of carbonyl (C=O) groups excluding carboxylic acids is 1. The number of halogens is 1. The Bertz CT molecular complexity index is 683. The van der Waals surface area contributed by atoms with Crippen molar-refractivity contribution in [3.8, 4) is 5.75 Å². The smallest absolute Gasteiger partial charge is 0.310 e. The molecule has 0 atom stereocenters. The molecule has 1 aliphatic heterocycles. The van der Waals surface area contributed by atoms with Crippen LogP contribution in [0.4, 0.5) is 0 Å². The summed E-state index contributed by atoms with van der Waals surface area (Å²) < 4.78 is 10.6. The highest BCUT2D eigenvalue weighted by molar-refractivity contribution is 5.86. The van der Waals surface area contributed by atoms with E-state index in [1.165, 1.54) is 12.8 Å². The number of ether oxygens (including phenoxy) is 2. The summed E-state index contributed by atoms with van der Waals surface area (Å²) in [7, 11) is 1.66. The highest BCUT2D eigenvalue weighted by Crippen LogP contribution is 2.22. The van der Waals surface area contributed by atoms with Gasteiger partial charge in [0, 0.05) is 6.54 Å². The van der Waals surface area contributed by atoms with Crippen molar-refractivity contribution < 1.29 is 14.3 Å². The molecule has 3 rings (SSSR count). The fourth-order valence-corrected chi connectivity index (χ4v) is 3.02. The van der Waals surface area contributed by atoms with Gasteiger partial charge in [-0.05, 0) is 54.4 Å². The summed E-state index contributed by atoms with van der Waals surface area (Å²) in [6.07, 6.45) is 2.84. The Balaban J connectivity index is 0.00000208. The minimum atomic E-state index is -0.156. The van der Waals surface area contributed by atoms with E-state index in [4.69, 9.17) is 9.47 Å². The predicted octanol–water partition coefficient (Wildman–Crippen LogP) is 3.45. The van der Waals surface area contributed by atoms with Crippen molar-refractivity contribution in [2.45, 2.75) is 19.3 Å². The first-order valence-corrected chi connectivity index (χ1v) is 8.19. The molecule has 0 aromatic heterocycles. The maximum absolute atomic E-state index is 12.0. The van der Waals surface area contributed by atoms with Crippen LogP contribution in [0.5, 0.6) is 5.75 Å². The molecular weight excluding hydrogens is 326 g/mol. The SMILES string of the molecule is COc1ccc2cc(CC(=O)OCCN3CCCC3)ccc2c1.Cl. The van der Waals surface area contributed by atoms with E-state index in [-0.39, 0.29) is 18.4 Å². The number of hydrogen-bond acceptors (Lipinski definition) is 4. The van der Waals surface area contributed by atoms with Crippen LogP contribution < -0.4 is 4.74 Å². The quantitative estimate of drug-likeness (QED) is 0.749. The third-order valence-corrected chi connectivity index (χ3v) is 4.33. The molecule has 1 fully saturated rings. The lowest BCUT2D eigenvalue weighted by Crippen LogP contribution is -2.25. The Morgan fingerprint density at radius 3 is 2.54 bits per heavy atom. The number of methoxy groups -OCH3 is 1. The molecule has 0 bridgehead atoms. The highest BCUT2D eigenvalue weighted by atomic mass is 35.5. The molecule has 1 aliphatic rings. The van der Waals surface area contributed by atoms with Crippen molar-refractivity contribution in [3.05, 3.63) is 42.0 Å². The minimum Gasteiger partial charge on any atom is -0.497 e. The zero-order valence-electron chi connectivity index (χ0n) is 14.0. The highest BCUT2D eigenvalue weighted by Gasteiger charge is 2.12. The van der Waals surface area contributed by atoms with Crippen LogP contribution >= 0.6 is 12.4 Å². The molecule has 0 unspecified atom stereocenters. The maximum atomic E-state index is 12.0. The first kappa shape index (κ1) is 18.6. The summed E-state index contributed by atoms with van der Waals surface area (Å²) >= 11 is 0. The number of likely N-dealkylation sites (tertiary alicyclic amines) is 1. The van der Waals surface area contributed by atoms with Crippen LogP contribution in [-0.4, -0.2) is 44.2 Å². The minimum absolute atomic E-state index is 0. The molecular formula is C19H24ClNO3. The lowest BCUT2D eigenvalue weighted by atomic mass is 10.0. The van der Waals surface area contributed by atoms with Crippen molar-refractivity contribution >= 4 is 29.1 Å². The molecule has 0 N–H and O–H groups in total. The third kappa shape index (κ3) is 4.86. The molecule has 0 amide bonds. The van der Waals surface area contributed by atoms with Crippen LogP contribution in [0.1, 0.15) is 18.4 Å². The Labute approximate surface area is 149 Å². The van der Waals surface area contributed by atoms with Crippen LogP contribution in [0.2, 0.25) is 0 Å². The van der Waals surface area contributed by atoms with E-state index in [1.54, 1.807) is 7.11 Å². The van der Waals surface area contributed by atoms with Gasteiger partial charge < -0.3 is 9.47 Å². The van der Waals surface area contributed by atoms with Crippen molar-refractivity contribution in [1.29, 1.82) is 0 Å². The van der Waals surface area contributed by atoms with Crippen molar-refractivity contribution in [1.82, 2.24) is 4.90 Å². The van der Waals surface area contributed by atoms with Gasteiger partial charge in [-0.1, -0.05) is 24.3 Å². The fourth-order valence-electron chi connectivity index (χ4n) is 3.02. The number of benzene rings is 2. The van der Waals surface area contributed by atoms with E-state index in [2.05, 4.69) is 4.90 Å². The summed E-state index contributed by atoms with van der Waals surface area (Å²) in [5, 5.41) is 2.21. The summed E-state index contributed by atoms with van der Waals surface area (Å²) in [5.74, 6) is 0.684. The number of carbonyl (C=O) groups is 1. The average Bonchev–Trinajstić information content (AvgIpc) is 3.07. The number of fused-ring (bicyclic) bond motifs is 1. The van der Waals surface area contributed by atoms with Crippen LogP contribution in [0.15, 0.2) is 36.4 Å². The molecule has 4 nitrogen and oxygen atoms in total. The maximum Gasteiger partial charge on any atom is 0.310 e. The van der Waals surface area contributed by atoms with Gasteiger partial charge in [-0.15, -0.1) is 12.4 Å². The second-order valence-corrected chi connectivity index (χ2v) is 5.99. The molecule has 0 radical (unpaired) electrons. The van der Waals surface area contributed by atoms with Gasteiger partial charge in [-0.25, -0.2) is 0 Å². The van der Waals surface area contributed by atoms with Gasteiger partial charge in [-0.3, -0.25) is 9.69 Å². The van der Waals surface area contributed by atoms with Gasteiger partial charge in [0.15, 0.2) is 0 Å². The predicted molar refractivity (Wildman–Crippen MR) is 98.1 cm³/mol. The van der Waals surface area contributed by atoms with Gasteiger partial charge in [0.05, 0.1) is 13.5 Å². The number of hydrogen-bond donors (Lipinski definition) is 0. The number of nitrogens with zero attached hydrogens (tertiary/aromatic N) is 1. The van der Waals surface area contributed by atoms with Crippen LogP contribution in [0, 0.1) is 0 Å². The lowest BCUT2D eigenvalue weighted by Gasteiger charge is -2.14. The molecule has 1 saturated heterocycles. The van der Waals surface area contributed by atoms with Crippen LogP contribution in [0.3, 0.4) is 0 Å². The average molecular weight is 350 g/mol. The summed E-state index contributed by atoms with van der Waals surface area (Å²) in [6.45, 7) is 3.60. The monoisotopic (exact) mass is 349 g/mol. The van der Waals surface area contributed by atoms with Gasteiger partial charge in [0.2, 0.25) is 0 Å². The van der Waals surface area contributed by atoms with Crippen molar-refractivity contribution in [2.24, 2.45) is 0 Å². The molecule has 0 spiro atoms. The van der Waals surface area contributed by atoms with E-state index >= 15 is 0 Å². The van der Waals surface area contributed by atoms with Gasteiger partial charge in [0.25, 0.3) is 0 Å². The van der Waals surface area contributed by atoms with Gasteiger partial charge in [0.1, 0.15) is 12.4 Å². The second-order valence-electron chi connectivity index (χ2n) is 5.99. The Hall–Kier alpha value is -1.78. The fraction of sp³-hybridized carbons (Fsp3) is 0.421. The molecule has 130 valence electrons. The Kier molecular flexibility index (Phi) is 6.88. The summed E-state index contributed by atoms with van der Waals surface area (Å²) in [5.41, 5.74) is 0.980. The number of rotatable bonds is 6. The topological polar surface area (TPSA) is 38.8 Å². The normalized spacial score (nSPS) is 14.4. The molecule has 2 aromatic rings. The molecule has 2 aromatic carbocycles. The van der Waals surface area contributed by atoms with Crippen molar-refractivity contribution in [2.75, 3.05) is 33.4 Å². The van der Waals surface area contributed by atoms with E-state index in [9.17, 15) is 4.79 Å². The first-order valence-electron chi connectivity index (χ1n) is 8.19. The van der Waals surface area contributed by atoms with Crippen LogP contribution in [-0.2, 0) is 16.0 Å². The Morgan fingerprint density at radius 2 is 1.79 bits per heavy atom. The standard InChI is InChI=1S/C19H23NO3.ClH/c1-22-18-7-6-16-12-15(4-5-17(16)14-18)13-19(21)23-11-10-20-8-2-3-9-20;/h4-7,12,14H,2-3,8-11,13H2,1H3;1H. The van der Waals surface area contributed by atoms with E-state index in [0.29, 0.717) is 13.0 Å². The molecule has 5 heteroatoms. The molecule has 1 heterocycles. The van der Waals surface area contributed by atoms with Gasteiger partial charge >= 0.3 is 5.97 Å². The third-order valence-electron chi connectivity index (χ3n) is 4.33. The lowest BCUT2D eigenvalue weighted by molar-refractivity contribution is -0.143. The largest absolute Gasteiger partial charge is 0.497 e. The van der Waals surface area contributed by atoms with Gasteiger partial charge in [-0.2, -0.15) is 0 Å². The van der Waals surface area contributed by atoms with E-state index < -0.39 is 0 Å². The zero-order valence-corrected chi connectivity index (χ0v) is 14.8. The molecule has 24 heavy (non-hydrogen) atoms. The molecule has 0 saturated carbocycles. The molecule has 0 aliphatic carbocycles. The summed E-state index contributed by atoms with van der Waals surface area (Å²) in [6, 6.07) is 12.0. The second kappa shape index (κ2) is 8.90. The van der Waals surface area contributed by atoms with Crippen LogP contribution in [0.25, 0.3) is 10.8 Å². The Morgan fingerprint density at radius 1 is 1.08 bits per heavy atom. The van der Waals surface area contributed by atoms with E-state index in [0.717, 1.165) is 41.7 Å².